The second kappa shape index (κ2) is 7.88. The summed E-state index contributed by atoms with van der Waals surface area (Å²) in [6.07, 6.45) is 2.99. The summed E-state index contributed by atoms with van der Waals surface area (Å²) in [7, 11) is -3.66. The van der Waals surface area contributed by atoms with Gasteiger partial charge in [-0.3, -0.25) is 9.73 Å². The summed E-state index contributed by atoms with van der Waals surface area (Å²) in [4.78, 5) is 8.55. The molecule has 2 N–H and O–H groups in total. The largest absolute Gasteiger partial charge is 0.292 e. The number of sulfonamides is 1. The molecular weight excluding hydrogens is 418 g/mol. The molecule has 2 aromatic carbocycles. The summed E-state index contributed by atoms with van der Waals surface area (Å²) >= 11 is 7.25. The van der Waals surface area contributed by atoms with Gasteiger partial charge in [0.15, 0.2) is 5.13 Å². The normalized spacial score (nSPS) is 16.5. The lowest BCUT2D eigenvalue weighted by molar-refractivity contribution is 0.299. The van der Waals surface area contributed by atoms with E-state index in [0.717, 1.165) is 11.1 Å². The molecule has 0 aliphatic carbocycles. The lowest BCUT2D eigenvalue weighted by Gasteiger charge is -2.18. The third-order valence-electron chi connectivity index (χ3n) is 4.05. The molecule has 4 rings (SSSR count). The molecule has 7 nitrogen and oxygen atoms in total. The van der Waals surface area contributed by atoms with Gasteiger partial charge in [0.2, 0.25) is 0 Å². The number of rotatable bonds is 6. The molecule has 0 spiro atoms. The lowest BCUT2D eigenvalue weighted by Crippen LogP contribution is -2.32. The van der Waals surface area contributed by atoms with Crippen LogP contribution in [0.3, 0.4) is 0 Å². The zero-order valence-corrected chi connectivity index (χ0v) is 16.9. The van der Waals surface area contributed by atoms with Crippen molar-refractivity contribution in [2.24, 2.45) is 4.99 Å². The number of anilines is 1. The maximum atomic E-state index is 12.4. The first-order valence-electron chi connectivity index (χ1n) is 8.32. The summed E-state index contributed by atoms with van der Waals surface area (Å²) in [5.74, 6) is 0. The molecule has 1 aliphatic heterocycles. The Morgan fingerprint density at radius 1 is 1.21 bits per heavy atom. The van der Waals surface area contributed by atoms with Crippen LogP contribution in [0, 0.1) is 0 Å². The molecule has 0 radical (unpaired) electrons. The van der Waals surface area contributed by atoms with Gasteiger partial charge in [0.05, 0.1) is 11.4 Å². The molecule has 0 amide bonds. The van der Waals surface area contributed by atoms with E-state index in [-0.39, 0.29) is 11.1 Å². The molecule has 1 unspecified atom stereocenters. The number of hydrazine groups is 1. The topological polar surface area (TPSA) is 86.7 Å². The van der Waals surface area contributed by atoms with E-state index in [2.05, 4.69) is 20.1 Å². The maximum Gasteiger partial charge on any atom is 0.263 e. The van der Waals surface area contributed by atoms with Crippen LogP contribution in [0.2, 0.25) is 5.02 Å². The first kappa shape index (κ1) is 18.9. The highest BCUT2D eigenvalue weighted by molar-refractivity contribution is 7.93. The summed E-state index contributed by atoms with van der Waals surface area (Å²) in [6.45, 7) is 0.616. The van der Waals surface area contributed by atoms with Crippen molar-refractivity contribution < 1.29 is 8.42 Å². The van der Waals surface area contributed by atoms with Crippen molar-refractivity contribution in [2.75, 3.05) is 4.72 Å². The summed E-state index contributed by atoms with van der Waals surface area (Å²) in [6, 6.07) is 14.2. The van der Waals surface area contributed by atoms with Crippen LogP contribution in [-0.2, 0) is 16.6 Å². The smallest absolute Gasteiger partial charge is 0.263 e. The van der Waals surface area contributed by atoms with Gasteiger partial charge >= 0.3 is 0 Å². The maximum absolute atomic E-state index is 12.4. The highest BCUT2D eigenvalue weighted by atomic mass is 35.5. The Hall–Kier alpha value is -2.46. The Balaban J connectivity index is 1.41. The minimum Gasteiger partial charge on any atom is -0.292 e. The molecule has 28 heavy (non-hydrogen) atoms. The first-order valence-corrected chi connectivity index (χ1v) is 11.1. The van der Waals surface area contributed by atoms with E-state index in [4.69, 9.17) is 11.6 Å². The molecule has 0 saturated heterocycles. The summed E-state index contributed by atoms with van der Waals surface area (Å²) in [5.41, 5.74) is 5.18. The first-order chi connectivity index (χ1) is 13.5. The molecule has 1 aliphatic rings. The van der Waals surface area contributed by atoms with Gasteiger partial charge in [-0.2, -0.15) is 0 Å². The quantitative estimate of drug-likeness (QED) is 0.619. The Labute approximate surface area is 171 Å². The molecule has 1 aromatic heterocycles. The number of halogens is 1. The Morgan fingerprint density at radius 3 is 2.75 bits per heavy atom. The SMILES string of the molecule is O=S(=O)(Nc1nccs1)c1ccc(C2N=CN(Cc3cccc(Cl)c3)N2)cc1. The minimum absolute atomic E-state index is 0.171. The number of benzene rings is 2. The molecule has 0 saturated carbocycles. The van der Waals surface area contributed by atoms with Gasteiger partial charge in [-0.1, -0.05) is 35.9 Å². The Morgan fingerprint density at radius 2 is 2.04 bits per heavy atom. The Bertz CT molecular complexity index is 1090. The average molecular weight is 434 g/mol. The third kappa shape index (κ3) is 4.33. The van der Waals surface area contributed by atoms with Crippen LogP contribution in [0.5, 0.6) is 0 Å². The van der Waals surface area contributed by atoms with Crippen LogP contribution in [0.15, 0.2) is 70.0 Å². The van der Waals surface area contributed by atoms with Crippen LogP contribution in [0.4, 0.5) is 5.13 Å². The number of thiazole rings is 1. The highest BCUT2D eigenvalue weighted by Crippen LogP contribution is 2.23. The molecule has 0 fully saturated rings. The molecule has 144 valence electrons. The van der Waals surface area contributed by atoms with E-state index in [1.54, 1.807) is 42.2 Å². The number of nitrogens with zero attached hydrogens (tertiary/aromatic N) is 3. The van der Waals surface area contributed by atoms with Gasteiger partial charge in [-0.05, 0) is 35.4 Å². The number of hydrogen-bond acceptors (Lipinski definition) is 7. The van der Waals surface area contributed by atoms with Crippen LogP contribution in [0.25, 0.3) is 0 Å². The lowest BCUT2D eigenvalue weighted by atomic mass is 10.2. The van der Waals surface area contributed by atoms with E-state index in [9.17, 15) is 8.42 Å². The van der Waals surface area contributed by atoms with Crippen molar-refractivity contribution in [1.29, 1.82) is 0 Å². The van der Waals surface area contributed by atoms with Gasteiger partial charge in [-0.25, -0.2) is 23.8 Å². The molecule has 2 heterocycles. The molecule has 1 atom stereocenters. The minimum atomic E-state index is -3.66. The van der Waals surface area contributed by atoms with Crippen molar-refractivity contribution in [2.45, 2.75) is 17.6 Å². The monoisotopic (exact) mass is 433 g/mol. The zero-order chi connectivity index (χ0) is 19.6. The third-order valence-corrected chi connectivity index (χ3v) is 6.45. The van der Waals surface area contributed by atoms with Crippen molar-refractivity contribution >= 4 is 44.4 Å². The number of nitrogens with one attached hydrogen (secondary N) is 2. The second-order valence-corrected chi connectivity index (χ2v) is 9.08. The second-order valence-electron chi connectivity index (χ2n) is 6.07. The van der Waals surface area contributed by atoms with Crippen LogP contribution < -0.4 is 10.1 Å². The van der Waals surface area contributed by atoms with Gasteiger partial charge in [0.25, 0.3) is 10.0 Å². The molecular formula is C18H16ClN5O2S2. The van der Waals surface area contributed by atoms with Crippen LogP contribution in [-0.4, -0.2) is 24.7 Å². The molecule has 3 aromatic rings. The van der Waals surface area contributed by atoms with E-state index < -0.39 is 10.0 Å². The van der Waals surface area contributed by atoms with E-state index >= 15 is 0 Å². The van der Waals surface area contributed by atoms with E-state index in [0.29, 0.717) is 16.7 Å². The van der Waals surface area contributed by atoms with Crippen molar-refractivity contribution in [3.05, 3.63) is 76.3 Å². The van der Waals surface area contributed by atoms with Crippen LogP contribution >= 0.6 is 22.9 Å². The zero-order valence-electron chi connectivity index (χ0n) is 14.5. The fraction of sp³-hybridized carbons (Fsp3) is 0.111. The van der Waals surface area contributed by atoms with Crippen LogP contribution in [0.1, 0.15) is 17.3 Å². The fourth-order valence-corrected chi connectivity index (χ4v) is 4.73. The summed E-state index contributed by atoms with van der Waals surface area (Å²) in [5, 5.41) is 4.60. The van der Waals surface area contributed by atoms with Crippen molar-refractivity contribution in [3.63, 3.8) is 0 Å². The number of hydrogen-bond donors (Lipinski definition) is 2. The van der Waals surface area contributed by atoms with Crippen molar-refractivity contribution in [1.82, 2.24) is 15.4 Å². The fourth-order valence-electron chi connectivity index (χ4n) is 2.73. The standard InChI is InChI=1S/C18H16ClN5O2S2/c19-15-3-1-2-13(10-15)11-24-12-21-17(22-24)14-4-6-16(7-5-14)28(25,26)23-18-20-8-9-27-18/h1-10,12,17,22H,11H2,(H,20,23). The van der Waals surface area contributed by atoms with E-state index in [1.807, 2.05) is 29.3 Å². The number of aromatic nitrogens is 1. The highest BCUT2D eigenvalue weighted by Gasteiger charge is 2.20. The predicted molar refractivity (Wildman–Crippen MR) is 111 cm³/mol. The predicted octanol–water partition coefficient (Wildman–Crippen LogP) is 3.64. The van der Waals surface area contributed by atoms with Gasteiger partial charge in [0.1, 0.15) is 12.5 Å². The van der Waals surface area contributed by atoms with Gasteiger partial charge < -0.3 is 0 Å². The average Bonchev–Trinajstić information content (AvgIpc) is 3.34. The van der Waals surface area contributed by atoms with Gasteiger partial charge in [-0.15, -0.1) is 11.3 Å². The summed E-state index contributed by atoms with van der Waals surface area (Å²) < 4.78 is 27.3. The van der Waals surface area contributed by atoms with Crippen molar-refractivity contribution in [3.8, 4) is 0 Å². The number of aliphatic imine (C=N–C) groups is 1. The molecule has 0 bridgehead atoms. The molecule has 10 heteroatoms. The Kier molecular flexibility index (Phi) is 5.31. The van der Waals surface area contributed by atoms with E-state index in [1.165, 1.54) is 11.3 Å². The van der Waals surface area contributed by atoms with Gasteiger partial charge in [0, 0.05) is 16.6 Å².